The van der Waals surface area contributed by atoms with Gasteiger partial charge in [-0.05, 0) is 62.8 Å². The van der Waals surface area contributed by atoms with Crippen molar-refractivity contribution in [2.45, 2.75) is 56.8 Å². The van der Waals surface area contributed by atoms with E-state index in [-0.39, 0.29) is 10.8 Å². The van der Waals surface area contributed by atoms with Crippen molar-refractivity contribution in [3.8, 4) is 0 Å². The predicted molar refractivity (Wildman–Crippen MR) is 100 cm³/mol. The van der Waals surface area contributed by atoms with Crippen LogP contribution in [0.15, 0.2) is 40.8 Å². The molecule has 6 heteroatoms. The van der Waals surface area contributed by atoms with Gasteiger partial charge in [0.15, 0.2) is 0 Å². The number of carbonyl (C=O) groups is 1. The maximum atomic E-state index is 12.3. The van der Waals surface area contributed by atoms with E-state index < -0.39 is 10.0 Å². The number of nitrogens with one attached hydrogen (secondary N) is 2. The number of rotatable bonds is 9. The zero-order valence-electron chi connectivity index (χ0n) is 14.9. The molecule has 138 valence electrons. The molecule has 0 radical (unpaired) electrons. The second-order valence-corrected chi connectivity index (χ2v) is 8.16. The van der Waals surface area contributed by atoms with Crippen molar-refractivity contribution < 1.29 is 13.2 Å². The monoisotopic (exact) mass is 364 g/mol. The quantitative estimate of drug-likeness (QED) is 0.521. The van der Waals surface area contributed by atoms with Crippen LogP contribution in [-0.4, -0.2) is 27.4 Å². The molecule has 0 bridgehead atoms. The van der Waals surface area contributed by atoms with E-state index in [4.69, 9.17) is 0 Å². The van der Waals surface area contributed by atoms with Crippen molar-refractivity contribution in [2.75, 3.05) is 13.1 Å². The molecule has 0 heterocycles. The first-order chi connectivity index (χ1) is 12.0. The SMILES string of the molecule is CCCCNC(=O)c1ccc(S(=O)(=O)NCCC2=CCCCC2)cc1. The fraction of sp³-hybridized carbons (Fsp3) is 0.526. The highest BCUT2D eigenvalue weighted by Crippen LogP contribution is 2.19. The van der Waals surface area contributed by atoms with Crippen LogP contribution in [0.2, 0.25) is 0 Å². The Labute approximate surface area is 151 Å². The van der Waals surface area contributed by atoms with Crippen molar-refractivity contribution >= 4 is 15.9 Å². The summed E-state index contributed by atoms with van der Waals surface area (Å²) in [5.74, 6) is -0.172. The molecule has 0 aliphatic heterocycles. The highest BCUT2D eigenvalue weighted by atomic mass is 32.2. The molecular formula is C19H28N2O3S. The summed E-state index contributed by atoms with van der Waals surface area (Å²) in [6.07, 6.45) is 9.53. The zero-order valence-corrected chi connectivity index (χ0v) is 15.7. The fourth-order valence-corrected chi connectivity index (χ4v) is 3.86. The van der Waals surface area contributed by atoms with Crippen LogP contribution in [-0.2, 0) is 10.0 Å². The Morgan fingerprint density at radius 2 is 1.88 bits per heavy atom. The summed E-state index contributed by atoms with van der Waals surface area (Å²) in [6.45, 7) is 3.10. The summed E-state index contributed by atoms with van der Waals surface area (Å²) >= 11 is 0. The predicted octanol–water partition coefficient (Wildman–Crippen LogP) is 3.39. The zero-order chi connectivity index (χ0) is 18.1. The van der Waals surface area contributed by atoms with Crippen LogP contribution in [0.5, 0.6) is 0 Å². The number of carbonyl (C=O) groups excluding carboxylic acids is 1. The fourth-order valence-electron chi connectivity index (χ4n) is 2.83. The van der Waals surface area contributed by atoms with Crippen LogP contribution in [0, 0.1) is 0 Å². The molecule has 0 saturated carbocycles. The van der Waals surface area contributed by atoms with E-state index in [0.29, 0.717) is 18.7 Å². The van der Waals surface area contributed by atoms with Crippen LogP contribution in [0.1, 0.15) is 62.2 Å². The number of benzene rings is 1. The topological polar surface area (TPSA) is 75.3 Å². The van der Waals surface area contributed by atoms with Gasteiger partial charge < -0.3 is 5.32 Å². The van der Waals surface area contributed by atoms with E-state index >= 15 is 0 Å². The molecule has 0 spiro atoms. The lowest BCUT2D eigenvalue weighted by atomic mass is 9.97. The third kappa shape index (κ3) is 6.29. The van der Waals surface area contributed by atoms with Gasteiger partial charge in [-0.15, -0.1) is 0 Å². The Kier molecular flexibility index (Phi) is 7.65. The molecule has 1 aromatic rings. The number of hydrogen-bond donors (Lipinski definition) is 2. The van der Waals surface area contributed by atoms with Crippen molar-refractivity contribution in [1.29, 1.82) is 0 Å². The molecule has 2 N–H and O–H groups in total. The molecule has 5 nitrogen and oxygen atoms in total. The summed E-state index contributed by atoms with van der Waals surface area (Å²) in [4.78, 5) is 12.1. The second kappa shape index (κ2) is 9.73. The van der Waals surface area contributed by atoms with Gasteiger partial charge in [0.1, 0.15) is 0 Å². The van der Waals surface area contributed by atoms with E-state index in [9.17, 15) is 13.2 Å². The summed E-state index contributed by atoms with van der Waals surface area (Å²) in [6, 6.07) is 6.08. The summed E-state index contributed by atoms with van der Waals surface area (Å²) in [5.41, 5.74) is 1.82. The van der Waals surface area contributed by atoms with E-state index in [2.05, 4.69) is 23.0 Å². The summed E-state index contributed by atoms with van der Waals surface area (Å²) in [7, 11) is -3.53. The van der Waals surface area contributed by atoms with Crippen molar-refractivity contribution in [3.05, 3.63) is 41.5 Å². The molecule has 1 aliphatic rings. The number of unbranched alkanes of at least 4 members (excludes halogenated alkanes) is 1. The van der Waals surface area contributed by atoms with Gasteiger partial charge in [0.2, 0.25) is 10.0 Å². The Balaban J connectivity index is 1.88. The number of sulfonamides is 1. The molecule has 25 heavy (non-hydrogen) atoms. The van der Waals surface area contributed by atoms with E-state index in [1.807, 2.05) is 0 Å². The minimum atomic E-state index is -3.53. The minimum Gasteiger partial charge on any atom is -0.352 e. The van der Waals surface area contributed by atoms with Crippen molar-refractivity contribution in [2.24, 2.45) is 0 Å². The summed E-state index contributed by atoms with van der Waals surface area (Å²) in [5, 5.41) is 2.82. The lowest BCUT2D eigenvalue weighted by Crippen LogP contribution is -2.26. The molecule has 0 fully saturated rings. The normalized spacial score (nSPS) is 14.8. The van der Waals surface area contributed by atoms with Crippen LogP contribution in [0.3, 0.4) is 0 Å². The first kappa shape index (κ1) is 19.7. The molecule has 2 rings (SSSR count). The average Bonchev–Trinajstić information content (AvgIpc) is 2.63. The first-order valence-corrected chi connectivity index (χ1v) is 10.6. The molecule has 1 aliphatic carbocycles. The number of hydrogen-bond acceptors (Lipinski definition) is 3. The molecular weight excluding hydrogens is 336 g/mol. The van der Waals surface area contributed by atoms with Crippen molar-refractivity contribution in [3.63, 3.8) is 0 Å². The lowest BCUT2D eigenvalue weighted by molar-refractivity contribution is 0.0953. The van der Waals surface area contributed by atoms with Gasteiger partial charge in [-0.1, -0.05) is 25.0 Å². The first-order valence-electron chi connectivity index (χ1n) is 9.09. The third-order valence-electron chi connectivity index (χ3n) is 4.37. The molecule has 1 aromatic carbocycles. The molecule has 0 atom stereocenters. The van der Waals surface area contributed by atoms with Gasteiger partial charge in [0.05, 0.1) is 4.90 Å². The summed E-state index contributed by atoms with van der Waals surface area (Å²) < 4.78 is 27.3. The largest absolute Gasteiger partial charge is 0.352 e. The van der Waals surface area contributed by atoms with Crippen LogP contribution >= 0.6 is 0 Å². The average molecular weight is 365 g/mol. The lowest BCUT2D eigenvalue weighted by Gasteiger charge is -2.13. The highest BCUT2D eigenvalue weighted by Gasteiger charge is 2.15. The Hall–Kier alpha value is -1.66. The number of amides is 1. The van der Waals surface area contributed by atoms with Crippen LogP contribution in [0.4, 0.5) is 0 Å². The second-order valence-electron chi connectivity index (χ2n) is 6.39. The molecule has 0 unspecified atom stereocenters. The van der Waals surface area contributed by atoms with E-state index in [1.165, 1.54) is 30.5 Å². The molecule has 0 saturated heterocycles. The van der Waals surface area contributed by atoms with Crippen LogP contribution < -0.4 is 10.0 Å². The molecule has 1 amide bonds. The van der Waals surface area contributed by atoms with Gasteiger partial charge in [-0.25, -0.2) is 13.1 Å². The maximum Gasteiger partial charge on any atom is 0.251 e. The van der Waals surface area contributed by atoms with Gasteiger partial charge in [-0.3, -0.25) is 4.79 Å². The smallest absolute Gasteiger partial charge is 0.251 e. The van der Waals surface area contributed by atoms with Gasteiger partial charge in [-0.2, -0.15) is 0 Å². The Morgan fingerprint density at radius 3 is 2.52 bits per heavy atom. The van der Waals surface area contributed by atoms with Gasteiger partial charge in [0, 0.05) is 18.7 Å². The highest BCUT2D eigenvalue weighted by molar-refractivity contribution is 7.89. The Morgan fingerprint density at radius 1 is 1.12 bits per heavy atom. The van der Waals surface area contributed by atoms with Crippen molar-refractivity contribution in [1.82, 2.24) is 10.0 Å². The van der Waals surface area contributed by atoms with Gasteiger partial charge in [0.25, 0.3) is 5.91 Å². The number of allylic oxidation sites excluding steroid dienone is 1. The van der Waals surface area contributed by atoms with E-state index in [0.717, 1.165) is 32.1 Å². The minimum absolute atomic E-state index is 0.172. The third-order valence-corrected chi connectivity index (χ3v) is 5.84. The van der Waals surface area contributed by atoms with Gasteiger partial charge >= 0.3 is 0 Å². The standard InChI is InChI=1S/C19H28N2O3S/c1-2-3-14-20-19(22)17-9-11-18(12-10-17)25(23,24)21-15-13-16-7-5-4-6-8-16/h7,9-12,21H,2-6,8,13-15H2,1H3,(H,20,22). The van der Waals surface area contributed by atoms with E-state index in [1.54, 1.807) is 12.1 Å². The maximum absolute atomic E-state index is 12.3. The van der Waals surface area contributed by atoms with Crippen LogP contribution in [0.25, 0.3) is 0 Å². The Bertz CT molecular complexity index is 694. The molecule has 0 aromatic heterocycles.